The van der Waals surface area contributed by atoms with Gasteiger partial charge in [-0.15, -0.1) is 0 Å². The van der Waals surface area contributed by atoms with Gasteiger partial charge in [0.25, 0.3) is 0 Å². The summed E-state index contributed by atoms with van der Waals surface area (Å²) in [6.07, 6.45) is 0.697. The highest BCUT2D eigenvalue weighted by Crippen LogP contribution is 2.21. The average molecular weight is 273 g/mol. The van der Waals surface area contributed by atoms with E-state index in [0.717, 1.165) is 0 Å². The Hall–Kier alpha value is -2.10. The molecule has 0 aliphatic rings. The lowest BCUT2D eigenvalue weighted by Crippen LogP contribution is -2.28. The Morgan fingerprint density at radius 1 is 1.25 bits per heavy atom. The highest BCUT2D eigenvalue weighted by atomic mass is 16.4. The second-order valence-corrected chi connectivity index (χ2v) is 5.47. The van der Waals surface area contributed by atoms with Crippen molar-refractivity contribution in [3.63, 3.8) is 0 Å². The van der Waals surface area contributed by atoms with Crippen LogP contribution in [0.4, 0.5) is 0 Å². The van der Waals surface area contributed by atoms with Crippen molar-refractivity contribution in [2.45, 2.75) is 33.1 Å². The van der Waals surface area contributed by atoms with Crippen LogP contribution in [0.15, 0.2) is 33.5 Å². The van der Waals surface area contributed by atoms with Gasteiger partial charge in [0.05, 0.1) is 5.39 Å². The van der Waals surface area contributed by atoms with E-state index in [1.165, 1.54) is 13.0 Å². The molecule has 0 spiro atoms. The number of hydrogen-bond donors (Lipinski definition) is 0. The summed E-state index contributed by atoms with van der Waals surface area (Å²) in [6.45, 7) is 5.63. The summed E-state index contributed by atoms with van der Waals surface area (Å²) in [5, 5.41) is 11.3. The van der Waals surface area contributed by atoms with Gasteiger partial charge in [-0.1, -0.05) is 26.8 Å². The maximum Gasteiger partial charge on any atom is 0.192 e. The summed E-state index contributed by atoms with van der Waals surface area (Å²) in [5.74, 6) is -0.870. The monoisotopic (exact) mass is 273 g/mol. The second-order valence-electron chi connectivity index (χ2n) is 5.47. The topological polar surface area (TPSA) is 70.3 Å². The van der Waals surface area contributed by atoms with Gasteiger partial charge in [-0.05, 0) is 23.6 Å². The maximum absolute atomic E-state index is 12.1. The first kappa shape index (κ1) is 14.3. The van der Waals surface area contributed by atoms with E-state index in [-0.39, 0.29) is 5.43 Å². The van der Waals surface area contributed by atoms with Crippen LogP contribution in [0.2, 0.25) is 0 Å². The van der Waals surface area contributed by atoms with Crippen molar-refractivity contribution in [2.75, 3.05) is 0 Å². The number of carboxylic acids is 1. The fourth-order valence-corrected chi connectivity index (χ4v) is 2.13. The van der Waals surface area contributed by atoms with Crippen LogP contribution in [0.1, 0.15) is 38.0 Å². The van der Waals surface area contributed by atoms with Gasteiger partial charge in [-0.25, -0.2) is 0 Å². The predicted molar refractivity (Wildman–Crippen MR) is 74.4 cm³/mol. The largest absolute Gasteiger partial charge is 0.550 e. The summed E-state index contributed by atoms with van der Waals surface area (Å²) in [4.78, 5) is 23.0. The Balaban J connectivity index is 2.52. The van der Waals surface area contributed by atoms with Crippen molar-refractivity contribution in [1.29, 1.82) is 0 Å². The van der Waals surface area contributed by atoms with Gasteiger partial charge in [0, 0.05) is 24.4 Å². The van der Waals surface area contributed by atoms with E-state index in [1.807, 2.05) is 0 Å². The molecule has 0 bridgehead atoms. The Kier molecular flexibility index (Phi) is 3.93. The van der Waals surface area contributed by atoms with Crippen LogP contribution in [0.3, 0.4) is 0 Å². The van der Waals surface area contributed by atoms with E-state index in [4.69, 9.17) is 4.42 Å². The lowest BCUT2D eigenvalue weighted by Gasteiger charge is -2.13. The van der Waals surface area contributed by atoms with Crippen LogP contribution in [-0.4, -0.2) is 5.97 Å². The fourth-order valence-electron chi connectivity index (χ4n) is 2.13. The van der Waals surface area contributed by atoms with Gasteiger partial charge >= 0.3 is 0 Å². The molecule has 0 radical (unpaired) electrons. The van der Waals surface area contributed by atoms with Crippen molar-refractivity contribution >= 4 is 16.9 Å². The van der Waals surface area contributed by atoms with Gasteiger partial charge in [0.2, 0.25) is 0 Å². The third kappa shape index (κ3) is 2.90. The first-order valence-corrected chi connectivity index (χ1v) is 6.66. The van der Waals surface area contributed by atoms with E-state index in [1.54, 1.807) is 18.2 Å². The molecule has 0 aliphatic heterocycles. The standard InChI is InChI=1S/C16H18O4/c1-9(2)6-12-8-14(17)13-7-11(10(3)16(18)19)4-5-15(13)20-12/h4-5,7-10H,6H2,1-3H3,(H,18,19)/p-1. The number of carboxylic acid groups (broad SMARTS) is 1. The van der Waals surface area contributed by atoms with E-state index in [2.05, 4.69) is 13.8 Å². The molecule has 0 N–H and O–H groups in total. The molecule has 0 aliphatic carbocycles. The molecule has 20 heavy (non-hydrogen) atoms. The highest BCUT2D eigenvalue weighted by molar-refractivity contribution is 5.80. The fraction of sp³-hybridized carbons (Fsp3) is 0.375. The average Bonchev–Trinajstić information content (AvgIpc) is 2.36. The van der Waals surface area contributed by atoms with Gasteiger partial charge < -0.3 is 14.3 Å². The molecule has 4 nitrogen and oxygen atoms in total. The molecule has 4 heteroatoms. The minimum absolute atomic E-state index is 0.144. The summed E-state index contributed by atoms with van der Waals surface area (Å²) in [7, 11) is 0. The molecule has 1 unspecified atom stereocenters. The number of benzene rings is 1. The molecule has 1 aromatic heterocycles. The van der Waals surface area contributed by atoms with Crippen LogP contribution >= 0.6 is 0 Å². The molecule has 1 aromatic carbocycles. The van der Waals surface area contributed by atoms with E-state index >= 15 is 0 Å². The molecule has 0 amide bonds. The predicted octanol–water partition coefficient (Wildman–Crippen LogP) is 1.84. The van der Waals surface area contributed by atoms with Crippen molar-refractivity contribution in [3.8, 4) is 0 Å². The van der Waals surface area contributed by atoms with Crippen molar-refractivity contribution in [3.05, 3.63) is 45.8 Å². The molecule has 0 fully saturated rings. The van der Waals surface area contributed by atoms with Crippen LogP contribution in [-0.2, 0) is 11.2 Å². The smallest absolute Gasteiger partial charge is 0.192 e. The van der Waals surface area contributed by atoms with Crippen LogP contribution in [0, 0.1) is 5.92 Å². The third-order valence-corrected chi connectivity index (χ3v) is 3.27. The number of fused-ring (bicyclic) bond motifs is 1. The van der Waals surface area contributed by atoms with Gasteiger partial charge in [0.1, 0.15) is 11.3 Å². The summed E-state index contributed by atoms with van der Waals surface area (Å²) < 4.78 is 5.69. The van der Waals surface area contributed by atoms with Gasteiger partial charge in [-0.3, -0.25) is 4.79 Å². The molecule has 2 rings (SSSR count). The Morgan fingerprint density at radius 2 is 1.95 bits per heavy atom. The number of rotatable bonds is 4. The zero-order valence-corrected chi connectivity index (χ0v) is 11.8. The van der Waals surface area contributed by atoms with Crippen LogP contribution in [0.5, 0.6) is 0 Å². The summed E-state index contributed by atoms with van der Waals surface area (Å²) in [5.41, 5.74) is 0.887. The van der Waals surface area contributed by atoms with Crippen LogP contribution < -0.4 is 10.5 Å². The highest BCUT2D eigenvalue weighted by Gasteiger charge is 2.11. The van der Waals surface area contributed by atoms with Gasteiger partial charge in [0.15, 0.2) is 5.43 Å². The summed E-state index contributed by atoms with van der Waals surface area (Å²) >= 11 is 0. The molecule has 2 aromatic rings. The number of hydrogen-bond acceptors (Lipinski definition) is 4. The number of carbonyl (C=O) groups excluding carboxylic acids is 1. The zero-order chi connectivity index (χ0) is 14.9. The van der Waals surface area contributed by atoms with Crippen molar-refractivity contribution in [1.82, 2.24) is 0 Å². The quantitative estimate of drug-likeness (QED) is 0.852. The Bertz CT molecular complexity index is 697. The minimum Gasteiger partial charge on any atom is -0.550 e. The molecular weight excluding hydrogens is 256 g/mol. The Morgan fingerprint density at radius 3 is 2.55 bits per heavy atom. The zero-order valence-electron chi connectivity index (χ0n) is 11.8. The normalized spacial score (nSPS) is 12.8. The molecule has 106 valence electrons. The minimum atomic E-state index is -1.16. The van der Waals surface area contributed by atoms with E-state index in [9.17, 15) is 14.7 Å². The number of aliphatic carboxylic acids is 1. The summed E-state index contributed by atoms with van der Waals surface area (Å²) in [6, 6.07) is 6.36. The lowest BCUT2D eigenvalue weighted by molar-refractivity contribution is -0.307. The molecule has 0 saturated carbocycles. The van der Waals surface area contributed by atoms with Crippen LogP contribution in [0.25, 0.3) is 11.0 Å². The maximum atomic E-state index is 12.1. The lowest BCUT2D eigenvalue weighted by atomic mass is 9.99. The molecule has 1 atom stereocenters. The van der Waals surface area contributed by atoms with Crippen molar-refractivity contribution < 1.29 is 14.3 Å². The molecule has 1 heterocycles. The molecular formula is C16H17O4-. The first-order chi connectivity index (χ1) is 9.38. The van der Waals surface area contributed by atoms with Gasteiger partial charge in [-0.2, -0.15) is 0 Å². The second kappa shape index (κ2) is 5.49. The number of carbonyl (C=O) groups is 1. The van der Waals surface area contributed by atoms with E-state index < -0.39 is 11.9 Å². The first-order valence-electron chi connectivity index (χ1n) is 6.66. The third-order valence-electron chi connectivity index (χ3n) is 3.27. The SMILES string of the molecule is CC(C)Cc1cc(=O)c2cc(C(C)C(=O)[O-])ccc2o1. The molecule has 0 saturated heterocycles. The van der Waals surface area contributed by atoms with E-state index in [0.29, 0.717) is 34.6 Å². The Labute approximate surface area is 117 Å². The van der Waals surface area contributed by atoms with Crippen molar-refractivity contribution in [2.24, 2.45) is 5.92 Å².